The largest absolute Gasteiger partial charge is 0.301 e. The van der Waals surface area contributed by atoms with Gasteiger partial charge in [0.25, 0.3) is 0 Å². The molecule has 1 heteroatoms. The highest BCUT2D eigenvalue weighted by Gasteiger charge is 2.43. The summed E-state index contributed by atoms with van der Waals surface area (Å²) < 4.78 is 0. The van der Waals surface area contributed by atoms with Crippen molar-refractivity contribution >= 4 is 0 Å². The SMILES string of the molecule is CC1CC[C@]2(CCCN2C)C1. The van der Waals surface area contributed by atoms with Crippen LogP contribution in [0.15, 0.2) is 0 Å². The lowest BCUT2D eigenvalue weighted by molar-refractivity contribution is 0.175. The van der Waals surface area contributed by atoms with Crippen LogP contribution >= 0.6 is 0 Å². The van der Waals surface area contributed by atoms with Crippen molar-refractivity contribution in [3.63, 3.8) is 0 Å². The van der Waals surface area contributed by atoms with E-state index in [1.165, 1.54) is 38.6 Å². The third-order valence-corrected chi connectivity index (χ3v) is 3.78. The highest BCUT2D eigenvalue weighted by atomic mass is 15.2. The molecule has 2 rings (SSSR count). The second-order valence-corrected chi connectivity index (χ2v) is 4.60. The van der Waals surface area contributed by atoms with Crippen molar-refractivity contribution in [2.45, 2.75) is 44.6 Å². The molecule has 1 saturated carbocycles. The molecule has 0 N–H and O–H groups in total. The first-order valence-corrected chi connectivity index (χ1v) is 4.94. The van der Waals surface area contributed by atoms with Crippen molar-refractivity contribution < 1.29 is 0 Å². The maximum atomic E-state index is 2.61. The Kier molecular flexibility index (Phi) is 1.71. The van der Waals surface area contributed by atoms with Crippen LogP contribution < -0.4 is 0 Å². The van der Waals surface area contributed by atoms with E-state index in [9.17, 15) is 0 Å². The topological polar surface area (TPSA) is 3.24 Å². The van der Waals surface area contributed by atoms with Crippen LogP contribution in [0.2, 0.25) is 0 Å². The van der Waals surface area contributed by atoms with E-state index in [-0.39, 0.29) is 0 Å². The molecule has 1 unspecified atom stereocenters. The van der Waals surface area contributed by atoms with E-state index < -0.39 is 0 Å². The summed E-state index contributed by atoms with van der Waals surface area (Å²) in [6.07, 6.45) is 7.29. The molecule has 64 valence electrons. The van der Waals surface area contributed by atoms with Gasteiger partial charge in [0.1, 0.15) is 0 Å². The summed E-state index contributed by atoms with van der Waals surface area (Å²) in [6, 6.07) is 0. The van der Waals surface area contributed by atoms with E-state index in [1.54, 1.807) is 0 Å². The molecule has 0 aromatic carbocycles. The molecule has 2 fully saturated rings. The van der Waals surface area contributed by atoms with Gasteiger partial charge in [0.15, 0.2) is 0 Å². The van der Waals surface area contributed by atoms with Gasteiger partial charge in [-0.25, -0.2) is 0 Å². The van der Waals surface area contributed by atoms with Gasteiger partial charge in [0.2, 0.25) is 0 Å². The van der Waals surface area contributed by atoms with Gasteiger partial charge in [0.05, 0.1) is 0 Å². The lowest BCUT2D eigenvalue weighted by Crippen LogP contribution is -2.38. The maximum Gasteiger partial charge on any atom is 0.0209 e. The molecule has 0 aromatic heterocycles. The van der Waals surface area contributed by atoms with Crippen molar-refractivity contribution in [2.24, 2.45) is 5.92 Å². The molecule has 0 amide bonds. The molecule has 0 bridgehead atoms. The number of hydrogen-bond acceptors (Lipinski definition) is 1. The highest BCUT2D eigenvalue weighted by molar-refractivity contribution is 4.99. The highest BCUT2D eigenvalue weighted by Crippen LogP contribution is 2.44. The minimum absolute atomic E-state index is 0.652. The number of likely N-dealkylation sites (tertiary alicyclic amines) is 1. The van der Waals surface area contributed by atoms with Gasteiger partial charge in [-0.2, -0.15) is 0 Å². The monoisotopic (exact) mass is 153 g/mol. The molecule has 1 aliphatic heterocycles. The molecule has 1 heterocycles. The minimum Gasteiger partial charge on any atom is -0.301 e. The van der Waals surface area contributed by atoms with Crippen LogP contribution in [0.5, 0.6) is 0 Å². The number of hydrogen-bond donors (Lipinski definition) is 0. The third-order valence-electron chi connectivity index (χ3n) is 3.78. The second-order valence-electron chi connectivity index (χ2n) is 4.60. The first-order chi connectivity index (χ1) is 5.23. The van der Waals surface area contributed by atoms with Crippen LogP contribution in [-0.2, 0) is 0 Å². The molecule has 1 saturated heterocycles. The van der Waals surface area contributed by atoms with Gasteiger partial charge < -0.3 is 4.90 Å². The normalized spacial score (nSPS) is 45.8. The van der Waals surface area contributed by atoms with Crippen molar-refractivity contribution in [1.82, 2.24) is 4.90 Å². The Bertz CT molecular complexity index is 155. The van der Waals surface area contributed by atoms with E-state index in [4.69, 9.17) is 0 Å². The Labute approximate surface area is 69.8 Å². The maximum absolute atomic E-state index is 2.61. The van der Waals surface area contributed by atoms with Crippen LogP contribution in [0.4, 0.5) is 0 Å². The van der Waals surface area contributed by atoms with Crippen molar-refractivity contribution in [2.75, 3.05) is 13.6 Å². The molecule has 0 radical (unpaired) electrons. The fraction of sp³-hybridized carbons (Fsp3) is 1.00. The van der Waals surface area contributed by atoms with Crippen LogP contribution in [0.1, 0.15) is 39.0 Å². The summed E-state index contributed by atoms with van der Waals surface area (Å²) in [5.74, 6) is 0.982. The van der Waals surface area contributed by atoms with E-state index in [0.717, 1.165) is 5.92 Å². The van der Waals surface area contributed by atoms with E-state index in [0.29, 0.717) is 5.54 Å². The summed E-state index contributed by atoms with van der Waals surface area (Å²) in [5.41, 5.74) is 0.652. The molecule has 2 atom stereocenters. The first kappa shape index (κ1) is 7.60. The Hall–Kier alpha value is -0.0400. The lowest BCUT2D eigenvalue weighted by atomic mass is 9.93. The Morgan fingerprint density at radius 2 is 2.18 bits per heavy atom. The predicted molar refractivity (Wildman–Crippen MR) is 47.6 cm³/mol. The Morgan fingerprint density at radius 1 is 1.36 bits per heavy atom. The molecule has 2 aliphatic rings. The fourth-order valence-electron chi connectivity index (χ4n) is 3.01. The van der Waals surface area contributed by atoms with Crippen LogP contribution in [-0.4, -0.2) is 24.0 Å². The summed E-state index contributed by atoms with van der Waals surface area (Å²) in [7, 11) is 2.31. The molecular weight excluding hydrogens is 134 g/mol. The van der Waals surface area contributed by atoms with Gasteiger partial charge in [-0.15, -0.1) is 0 Å². The predicted octanol–water partition coefficient (Wildman–Crippen LogP) is 2.27. The first-order valence-electron chi connectivity index (χ1n) is 4.94. The van der Waals surface area contributed by atoms with Crippen LogP contribution in [0.3, 0.4) is 0 Å². The molecule has 1 aliphatic carbocycles. The van der Waals surface area contributed by atoms with Crippen LogP contribution in [0.25, 0.3) is 0 Å². The average molecular weight is 153 g/mol. The zero-order valence-corrected chi connectivity index (χ0v) is 7.77. The summed E-state index contributed by atoms with van der Waals surface area (Å²) in [6.45, 7) is 3.74. The molecule has 0 aromatic rings. The van der Waals surface area contributed by atoms with Gasteiger partial charge >= 0.3 is 0 Å². The Balaban J connectivity index is 2.10. The second kappa shape index (κ2) is 2.48. The fourth-order valence-corrected chi connectivity index (χ4v) is 3.01. The molecule has 1 spiro atoms. The molecule has 11 heavy (non-hydrogen) atoms. The van der Waals surface area contributed by atoms with Gasteiger partial charge in [-0.3, -0.25) is 0 Å². The number of nitrogens with zero attached hydrogens (tertiary/aromatic N) is 1. The zero-order chi connectivity index (χ0) is 7.90. The van der Waals surface area contributed by atoms with Crippen molar-refractivity contribution in [1.29, 1.82) is 0 Å². The van der Waals surface area contributed by atoms with Crippen LogP contribution in [0, 0.1) is 5.92 Å². The minimum atomic E-state index is 0.652. The summed E-state index contributed by atoms with van der Waals surface area (Å²) in [5, 5.41) is 0. The van der Waals surface area contributed by atoms with E-state index in [1.807, 2.05) is 0 Å². The van der Waals surface area contributed by atoms with E-state index >= 15 is 0 Å². The quantitative estimate of drug-likeness (QED) is 0.516. The standard InChI is InChI=1S/C10H19N/c1-9-4-6-10(8-9)5-3-7-11(10)2/h9H,3-8H2,1-2H3/t9?,10-/m1/s1. The van der Waals surface area contributed by atoms with Gasteiger partial charge in [-0.1, -0.05) is 6.92 Å². The van der Waals surface area contributed by atoms with Crippen molar-refractivity contribution in [3.05, 3.63) is 0 Å². The summed E-state index contributed by atoms with van der Waals surface area (Å²) in [4.78, 5) is 2.61. The average Bonchev–Trinajstić information content (AvgIpc) is 2.46. The number of rotatable bonds is 0. The van der Waals surface area contributed by atoms with E-state index in [2.05, 4.69) is 18.9 Å². The van der Waals surface area contributed by atoms with Crippen molar-refractivity contribution in [3.8, 4) is 0 Å². The molecular formula is C10H19N. The Morgan fingerprint density at radius 3 is 2.64 bits per heavy atom. The van der Waals surface area contributed by atoms with Gasteiger partial charge in [-0.05, 0) is 51.6 Å². The molecule has 1 nitrogen and oxygen atoms in total. The lowest BCUT2D eigenvalue weighted by Gasteiger charge is -2.32. The third kappa shape index (κ3) is 1.10. The zero-order valence-electron chi connectivity index (χ0n) is 7.77. The van der Waals surface area contributed by atoms with Gasteiger partial charge in [0, 0.05) is 5.54 Å². The summed E-state index contributed by atoms with van der Waals surface area (Å²) >= 11 is 0. The smallest absolute Gasteiger partial charge is 0.0209 e.